The number of nitrogens with two attached hydrogens (primary N) is 1. The van der Waals surface area contributed by atoms with Gasteiger partial charge in [-0.3, -0.25) is 4.68 Å². The van der Waals surface area contributed by atoms with Crippen LogP contribution in [0.1, 0.15) is 31.3 Å². The van der Waals surface area contributed by atoms with E-state index in [4.69, 9.17) is 5.73 Å². The Morgan fingerprint density at radius 2 is 2.11 bits per heavy atom. The standard InChI is InChI=1S/C13H22N6/c1-9(2)12-11(14)13(19(4)17-12)16-6-5-10-15-7-8-18(10)3/h7-9,16H,5-6,14H2,1-4H3. The molecule has 0 aliphatic rings. The Bertz CT molecular complexity index is 551. The van der Waals surface area contributed by atoms with Crippen molar-refractivity contribution >= 4 is 11.5 Å². The molecule has 0 spiro atoms. The van der Waals surface area contributed by atoms with Crippen molar-refractivity contribution in [1.29, 1.82) is 0 Å². The van der Waals surface area contributed by atoms with Crippen LogP contribution in [0.25, 0.3) is 0 Å². The molecular formula is C13H22N6. The van der Waals surface area contributed by atoms with E-state index in [9.17, 15) is 0 Å². The van der Waals surface area contributed by atoms with Crippen LogP contribution in [-0.2, 0) is 20.5 Å². The highest BCUT2D eigenvalue weighted by Crippen LogP contribution is 2.27. The van der Waals surface area contributed by atoms with E-state index in [0.29, 0.717) is 5.92 Å². The van der Waals surface area contributed by atoms with Crippen molar-refractivity contribution in [1.82, 2.24) is 19.3 Å². The first-order valence-electron chi connectivity index (χ1n) is 6.53. The topological polar surface area (TPSA) is 73.7 Å². The fourth-order valence-electron chi connectivity index (χ4n) is 2.13. The predicted molar refractivity (Wildman–Crippen MR) is 77.1 cm³/mol. The first-order chi connectivity index (χ1) is 9.00. The number of nitrogens with zero attached hydrogens (tertiary/aromatic N) is 4. The molecule has 3 N–H and O–H groups in total. The highest BCUT2D eigenvalue weighted by molar-refractivity contribution is 5.65. The molecule has 0 bridgehead atoms. The van der Waals surface area contributed by atoms with Gasteiger partial charge >= 0.3 is 0 Å². The van der Waals surface area contributed by atoms with Crippen molar-refractivity contribution in [3.63, 3.8) is 0 Å². The Balaban J connectivity index is 2.02. The molecule has 2 heterocycles. The number of nitrogen functional groups attached to an aromatic ring is 1. The van der Waals surface area contributed by atoms with Gasteiger partial charge in [0.25, 0.3) is 0 Å². The fourth-order valence-corrected chi connectivity index (χ4v) is 2.13. The van der Waals surface area contributed by atoms with Crippen LogP contribution in [0, 0.1) is 0 Å². The number of imidazole rings is 1. The maximum absolute atomic E-state index is 6.13. The van der Waals surface area contributed by atoms with Crippen LogP contribution in [0.15, 0.2) is 12.4 Å². The summed E-state index contributed by atoms with van der Waals surface area (Å²) in [5, 5.41) is 7.80. The average molecular weight is 262 g/mol. The van der Waals surface area contributed by atoms with E-state index in [1.54, 1.807) is 0 Å². The van der Waals surface area contributed by atoms with Gasteiger partial charge in [-0.25, -0.2) is 4.98 Å². The minimum Gasteiger partial charge on any atom is -0.394 e. The van der Waals surface area contributed by atoms with Gasteiger partial charge in [0.1, 0.15) is 11.6 Å². The molecule has 0 aliphatic heterocycles. The predicted octanol–water partition coefficient (Wildman–Crippen LogP) is 1.51. The van der Waals surface area contributed by atoms with Crippen LogP contribution in [0.3, 0.4) is 0 Å². The lowest BCUT2D eigenvalue weighted by molar-refractivity contribution is 0.712. The van der Waals surface area contributed by atoms with Crippen LogP contribution in [0.5, 0.6) is 0 Å². The summed E-state index contributed by atoms with van der Waals surface area (Å²) in [6.45, 7) is 4.97. The Morgan fingerprint density at radius 1 is 1.37 bits per heavy atom. The second-order valence-corrected chi connectivity index (χ2v) is 5.06. The van der Waals surface area contributed by atoms with Gasteiger partial charge in [0, 0.05) is 39.5 Å². The molecule has 2 aromatic rings. The number of aromatic nitrogens is 4. The van der Waals surface area contributed by atoms with E-state index >= 15 is 0 Å². The maximum Gasteiger partial charge on any atom is 0.147 e. The van der Waals surface area contributed by atoms with Crippen molar-refractivity contribution in [3.8, 4) is 0 Å². The third kappa shape index (κ3) is 2.72. The van der Waals surface area contributed by atoms with Crippen molar-refractivity contribution in [3.05, 3.63) is 23.9 Å². The number of nitrogens with one attached hydrogen (secondary N) is 1. The SMILES string of the molecule is CC(C)c1nn(C)c(NCCc2nccn2C)c1N. The lowest BCUT2D eigenvalue weighted by Crippen LogP contribution is -2.12. The molecule has 0 aliphatic carbocycles. The number of hydrogen-bond donors (Lipinski definition) is 2. The summed E-state index contributed by atoms with van der Waals surface area (Å²) in [5.41, 5.74) is 7.82. The molecule has 0 saturated heterocycles. The molecule has 0 atom stereocenters. The molecule has 0 radical (unpaired) electrons. The van der Waals surface area contributed by atoms with Crippen LogP contribution in [0.2, 0.25) is 0 Å². The Morgan fingerprint density at radius 3 is 2.63 bits per heavy atom. The molecule has 0 amide bonds. The van der Waals surface area contributed by atoms with Gasteiger partial charge in [-0.15, -0.1) is 0 Å². The highest BCUT2D eigenvalue weighted by atomic mass is 15.3. The van der Waals surface area contributed by atoms with Gasteiger partial charge < -0.3 is 15.6 Å². The third-order valence-corrected chi connectivity index (χ3v) is 3.22. The second-order valence-electron chi connectivity index (χ2n) is 5.06. The molecule has 0 aromatic carbocycles. The molecule has 6 nitrogen and oxygen atoms in total. The summed E-state index contributed by atoms with van der Waals surface area (Å²) >= 11 is 0. The minimum atomic E-state index is 0.330. The zero-order valence-electron chi connectivity index (χ0n) is 12.0. The average Bonchev–Trinajstić information content (AvgIpc) is 2.87. The number of hydrogen-bond acceptors (Lipinski definition) is 4. The van der Waals surface area contributed by atoms with Crippen molar-refractivity contribution in [2.75, 3.05) is 17.6 Å². The van der Waals surface area contributed by atoms with Gasteiger partial charge in [0.2, 0.25) is 0 Å². The van der Waals surface area contributed by atoms with Crippen molar-refractivity contribution in [2.45, 2.75) is 26.2 Å². The van der Waals surface area contributed by atoms with E-state index in [1.165, 1.54) is 0 Å². The Labute approximate surface area is 113 Å². The second kappa shape index (κ2) is 5.34. The minimum absolute atomic E-state index is 0.330. The smallest absolute Gasteiger partial charge is 0.147 e. The molecule has 0 unspecified atom stereocenters. The normalized spacial score (nSPS) is 11.2. The number of aryl methyl sites for hydroxylation is 2. The summed E-state index contributed by atoms with van der Waals surface area (Å²) in [5.74, 6) is 2.27. The first-order valence-corrected chi connectivity index (χ1v) is 6.53. The monoisotopic (exact) mass is 262 g/mol. The summed E-state index contributed by atoms with van der Waals surface area (Å²) in [6, 6.07) is 0. The number of rotatable bonds is 5. The highest BCUT2D eigenvalue weighted by Gasteiger charge is 2.15. The summed E-state index contributed by atoms with van der Waals surface area (Å²) in [6.07, 6.45) is 4.61. The van der Waals surface area contributed by atoms with E-state index < -0.39 is 0 Å². The molecular weight excluding hydrogens is 240 g/mol. The van der Waals surface area contributed by atoms with Crippen LogP contribution >= 0.6 is 0 Å². The fraction of sp³-hybridized carbons (Fsp3) is 0.538. The van der Waals surface area contributed by atoms with Gasteiger partial charge in [-0.05, 0) is 5.92 Å². The quantitative estimate of drug-likeness (QED) is 0.856. The van der Waals surface area contributed by atoms with Gasteiger partial charge in [0.05, 0.1) is 11.4 Å². The van der Waals surface area contributed by atoms with E-state index in [0.717, 1.165) is 36.0 Å². The largest absolute Gasteiger partial charge is 0.394 e. The Kier molecular flexibility index (Phi) is 3.78. The summed E-state index contributed by atoms with van der Waals surface area (Å²) in [4.78, 5) is 4.29. The van der Waals surface area contributed by atoms with E-state index in [-0.39, 0.29) is 0 Å². The lowest BCUT2D eigenvalue weighted by atomic mass is 10.1. The van der Waals surface area contributed by atoms with Gasteiger partial charge in [0.15, 0.2) is 0 Å². The lowest BCUT2D eigenvalue weighted by Gasteiger charge is -2.08. The molecule has 0 fully saturated rings. The van der Waals surface area contributed by atoms with Crippen LogP contribution in [-0.4, -0.2) is 25.9 Å². The maximum atomic E-state index is 6.13. The molecule has 19 heavy (non-hydrogen) atoms. The van der Waals surface area contributed by atoms with E-state index in [1.807, 2.05) is 35.7 Å². The molecule has 2 rings (SSSR count). The molecule has 2 aromatic heterocycles. The molecule has 104 valence electrons. The third-order valence-electron chi connectivity index (χ3n) is 3.22. The number of anilines is 2. The van der Waals surface area contributed by atoms with E-state index in [2.05, 4.69) is 29.2 Å². The first kappa shape index (κ1) is 13.5. The summed E-state index contributed by atoms with van der Waals surface area (Å²) in [7, 11) is 3.91. The molecule has 0 saturated carbocycles. The van der Waals surface area contributed by atoms with Crippen molar-refractivity contribution in [2.24, 2.45) is 14.1 Å². The zero-order chi connectivity index (χ0) is 14.0. The van der Waals surface area contributed by atoms with Gasteiger partial charge in [-0.2, -0.15) is 5.10 Å². The summed E-state index contributed by atoms with van der Waals surface area (Å²) < 4.78 is 3.83. The van der Waals surface area contributed by atoms with Crippen LogP contribution in [0.4, 0.5) is 11.5 Å². The van der Waals surface area contributed by atoms with Crippen LogP contribution < -0.4 is 11.1 Å². The Hall–Kier alpha value is -1.98. The zero-order valence-corrected chi connectivity index (χ0v) is 12.0. The van der Waals surface area contributed by atoms with Crippen molar-refractivity contribution < 1.29 is 0 Å². The molecule has 6 heteroatoms. The van der Waals surface area contributed by atoms with Gasteiger partial charge in [-0.1, -0.05) is 13.8 Å².